The van der Waals surface area contributed by atoms with Gasteiger partial charge in [0.25, 0.3) is 5.56 Å². The number of thiophene rings is 1. The van der Waals surface area contributed by atoms with Crippen molar-refractivity contribution in [1.29, 1.82) is 0 Å². The quantitative estimate of drug-likeness (QED) is 0.408. The highest BCUT2D eigenvalue weighted by atomic mass is 35.5. The second-order valence-corrected chi connectivity index (χ2v) is 9.66. The molecular formula is C25H24Cl2N2O4S. The second-order valence-electron chi connectivity index (χ2n) is 8.17. The first-order valence-electron chi connectivity index (χ1n) is 10.6. The lowest BCUT2D eigenvalue weighted by Gasteiger charge is -2.19. The van der Waals surface area contributed by atoms with Crippen LogP contribution in [0.25, 0.3) is 26.2 Å². The van der Waals surface area contributed by atoms with Gasteiger partial charge in [0.15, 0.2) is 11.5 Å². The van der Waals surface area contributed by atoms with Gasteiger partial charge < -0.3 is 14.6 Å². The molecule has 0 amide bonds. The molecule has 6 nitrogen and oxygen atoms in total. The molecule has 0 bridgehead atoms. The summed E-state index contributed by atoms with van der Waals surface area (Å²) in [6.45, 7) is 1.20. The molecule has 0 unspecified atom stereocenters. The molecule has 1 aliphatic heterocycles. The molecule has 1 fully saturated rings. The zero-order valence-electron chi connectivity index (χ0n) is 18.6. The first-order valence-corrected chi connectivity index (χ1v) is 11.7. The van der Waals surface area contributed by atoms with Crippen molar-refractivity contribution in [2.24, 2.45) is 0 Å². The number of hydrogen-bond acceptors (Lipinski definition) is 6. The van der Waals surface area contributed by atoms with E-state index in [1.54, 1.807) is 30.0 Å². The Bertz CT molecular complexity index is 1370. The van der Waals surface area contributed by atoms with E-state index in [1.807, 2.05) is 54.4 Å². The predicted octanol–water partition coefficient (Wildman–Crippen LogP) is 4.86. The summed E-state index contributed by atoms with van der Waals surface area (Å²) in [4.78, 5) is 16.3. The van der Waals surface area contributed by atoms with Crippen LogP contribution in [-0.2, 0) is 0 Å². The molecule has 9 heteroatoms. The highest BCUT2D eigenvalue weighted by molar-refractivity contribution is 7.22. The van der Waals surface area contributed by atoms with Crippen LogP contribution in [0, 0.1) is 0 Å². The van der Waals surface area contributed by atoms with E-state index < -0.39 is 6.10 Å². The van der Waals surface area contributed by atoms with Crippen molar-refractivity contribution >= 4 is 45.4 Å². The Labute approximate surface area is 212 Å². The average molecular weight is 519 g/mol. The van der Waals surface area contributed by atoms with E-state index >= 15 is 0 Å². The van der Waals surface area contributed by atoms with Gasteiger partial charge >= 0.3 is 0 Å². The van der Waals surface area contributed by atoms with Gasteiger partial charge in [0.05, 0.1) is 12.8 Å². The summed E-state index contributed by atoms with van der Waals surface area (Å²) in [5.74, 6) is 1.05. The number of likely N-dealkylation sites (N-methyl/N-ethyl adjacent to an activating group) is 1. The number of likely N-dealkylation sites (tertiary alicyclic amines) is 1. The normalized spacial score (nSPS) is 18.1. The van der Waals surface area contributed by atoms with E-state index in [0.717, 1.165) is 15.8 Å². The fourth-order valence-electron chi connectivity index (χ4n) is 4.11. The van der Waals surface area contributed by atoms with Gasteiger partial charge in [-0.3, -0.25) is 14.3 Å². The number of methoxy groups -OCH3 is 1. The van der Waals surface area contributed by atoms with E-state index in [9.17, 15) is 9.90 Å². The Morgan fingerprint density at radius 3 is 2.50 bits per heavy atom. The number of aromatic nitrogens is 1. The molecule has 2 atom stereocenters. The van der Waals surface area contributed by atoms with Gasteiger partial charge in [-0.2, -0.15) is 0 Å². The maximum Gasteiger partial charge on any atom is 0.273 e. The van der Waals surface area contributed by atoms with Gasteiger partial charge in [-0.15, -0.1) is 23.7 Å². The molecule has 5 rings (SSSR count). The minimum atomic E-state index is -0.557. The molecule has 2 aromatic heterocycles. The maximum absolute atomic E-state index is 13.3. The van der Waals surface area contributed by atoms with E-state index in [1.165, 1.54) is 11.3 Å². The number of rotatable bonds is 5. The van der Waals surface area contributed by atoms with Crippen molar-refractivity contribution in [3.8, 4) is 27.6 Å². The number of pyridine rings is 1. The predicted molar refractivity (Wildman–Crippen MR) is 140 cm³/mol. The molecule has 1 saturated heterocycles. The Balaban J connectivity index is 0.00000274. The molecular weight excluding hydrogens is 495 g/mol. The summed E-state index contributed by atoms with van der Waals surface area (Å²) in [5.41, 5.74) is 1.60. The Morgan fingerprint density at radius 2 is 1.82 bits per heavy atom. The van der Waals surface area contributed by atoms with Crippen molar-refractivity contribution in [2.75, 3.05) is 27.2 Å². The number of halogens is 2. The fourth-order valence-corrected chi connectivity index (χ4v) is 5.33. The third kappa shape index (κ3) is 4.67. The molecule has 4 aromatic rings. The van der Waals surface area contributed by atoms with Crippen LogP contribution in [0.4, 0.5) is 0 Å². The number of hydrogen-bond donors (Lipinski definition) is 1. The zero-order valence-corrected chi connectivity index (χ0v) is 21.0. The number of aliphatic hydroxyl groups is 1. The summed E-state index contributed by atoms with van der Waals surface area (Å²) < 4.78 is 13.8. The molecule has 1 N–H and O–H groups in total. The van der Waals surface area contributed by atoms with E-state index in [2.05, 4.69) is 0 Å². The standard InChI is InChI=1S/C25H23ClN2O4S.ClH/c1-27-13-19(29)22(14-27)32-20-8-7-18(12-21(20)31-2)28-10-9-16-11-23(33-24(16)25(28)30)15-3-5-17(26)6-4-15;/h3-12,19,22,29H,13-14H2,1-2H3;1H/t19-,22-;/m0./s1. The number of β-amino-alcohol motifs (C(OH)–C–C–N with tert-alkyl or cyclic N) is 1. The van der Waals surface area contributed by atoms with Gasteiger partial charge in [0.2, 0.25) is 0 Å². The van der Waals surface area contributed by atoms with Crippen molar-refractivity contribution in [1.82, 2.24) is 9.47 Å². The monoisotopic (exact) mass is 518 g/mol. The summed E-state index contributed by atoms with van der Waals surface area (Å²) in [6, 6.07) is 16.9. The number of nitrogens with zero attached hydrogens (tertiary/aromatic N) is 2. The van der Waals surface area contributed by atoms with Gasteiger partial charge in [0.1, 0.15) is 16.9 Å². The molecule has 0 saturated carbocycles. The number of ether oxygens (including phenoxy) is 2. The maximum atomic E-state index is 13.3. The molecule has 34 heavy (non-hydrogen) atoms. The van der Waals surface area contributed by atoms with Crippen LogP contribution < -0.4 is 15.0 Å². The van der Waals surface area contributed by atoms with E-state index in [4.69, 9.17) is 21.1 Å². The molecule has 0 radical (unpaired) electrons. The smallest absolute Gasteiger partial charge is 0.273 e. The molecule has 0 aliphatic carbocycles. The van der Waals surface area contributed by atoms with Gasteiger partial charge in [-0.1, -0.05) is 23.7 Å². The third-order valence-electron chi connectivity index (χ3n) is 5.83. The van der Waals surface area contributed by atoms with Crippen LogP contribution in [0.3, 0.4) is 0 Å². The number of fused-ring (bicyclic) bond motifs is 1. The minimum absolute atomic E-state index is 0. The van der Waals surface area contributed by atoms with Crippen LogP contribution in [0.2, 0.25) is 5.02 Å². The molecule has 2 aromatic carbocycles. The Kier molecular flexibility index (Phi) is 7.21. The van der Waals surface area contributed by atoms with Gasteiger partial charge in [0, 0.05) is 40.6 Å². The Morgan fingerprint density at radius 1 is 1.06 bits per heavy atom. The van der Waals surface area contributed by atoms with Crippen molar-refractivity contribution in [3.63, 3.8) is 0 Å². The third-order valence-corrected chi connectivity index (χ3v) is 7.27. The average Bonchev–Trinajstić information content (AvgIpc) is 3.38. The fraction of sp³-hybridized carbons (Fsp3) is 0.240. The number of aliphatic hydroxyl groups excluding tert-OH is 1. The topological polar surface area (TPSA) is 63.9 Å². The Hall–Kier alpha value is -2.55. The lowest BCUT2D eigenvalue weighted by atomic mass is 10.2. The van der Waals surface area contributed by atoms with Crippen LogP contribution in [0.5, 0.6) is 11.5 Å². The molecule has 3 heterocycles. The highest BCUT2D eigenvalue weighted by Gasteiger charge is 2.31. The molecule has 178 valence electrons. The largest absolute Gasteiger partial charge is 0.493 e. The number of benzene rings is 2. The summed E-state index contributed by atoms with van der Waals surface area (Å²) in [7, 11) is 3.51. The van der Waals surface area contributed by atoms with Crippen molar-refractivity contribution in [3.05, 3.63) is 76.2 Å². The first kappa shape index (κ1) is 24.6. The van der Waals surface area contributed by atoms with Gasteiger partial charge in [-0.25, -0.2) is 0 Å². The lowest BCUT2D eigenvalue weighted by molar-refractivity contribution is 0.0717. The summed E-state index contributed by atoms with van der Waals surface area (Å²) >= 11 is 7.47. The summed E-state index contributed by atoms with van der Waals surface area (Å²) in [5, 5.41) is 11.8. The first-order chi connectivity index (χ1) is 15.9. The van der Waals surface area contributed by atoms with Crippen LogP contribution in [0.15, 0.2) is 65.6 Å². The molecule has 0 spiro atoms. The lowest BCUT2D eigenvalue weighted by Crippen LogP contribution is -2.30. The zero-order chi connectivity index (χ0) is 23.1. The molecule has 1 aliphatic rings. The van der Waals surface area contributed by atoms with Gasteiger partial charge in [-0.05, 0) is 49.0 Å². The van der Waals surface area contributed by atoms with Crippen molar-refractivity contribution in [2.45, 2.75) is 12.2 Å². The van der Waals surface area contributed by atoms with Crippen LogP contribution in [0.1, 0.15) is 0 Å². The summed E-state index contributed by atoms with van der Waals surface area (Å²) in [6.07, 6.45) is 0.887. The minimum Gasteiger partial charge on any atom is -0.493 e. The van der Waals surface area contributed by atoms with E-state index in [0.29, 0.717) is 40.0 Å². The van der Waals surface area contributed by atoms with E-state index in [-0.39, 0.29) is 24.1 Å². The second kappa shape index (κ2) is 9.98. The SMILES string of the molecule is COc1cc(-n2ccc3cc(-c4ccc(Cl)cc4)sc3c2=O)ccc1O[C@H]1CN(C)C[C@@H]1O.Cl. The van der Waals surface area contributed by atoms with Crippen LogP contribution in [-0.4, -0.2) is 54.0 Å². The van der Waals surface area contributed by atoms with Crippen molar-refractivity contribution < 1.29 is 14.6 Å². The van der Waals surface area contributed by atoms with Crippen LogP contribution >= 0.6 is 35.3 Å². The highest BCUT2D eigenvalue weighted by Crippen LogP contribution is 2.34.